The third kappa shape index (κ3) is 3.84. The van der Waals surface area contributed by atoms with Crippen LogP contribution in [0.3, 0.4) is 0 Å². The number of ether oxygens (including phenoxy) is 1. The molecule has 0 spiro atoms. The molecule has 0 aliphatic heterocycles. The molecular formula is C22H20ClN5O2. The van der Waals surface area contributed by atoms with Crippen molar-refractivity contribution >= 4 is 29.0 Å². The molecule has 30 heavy (non-hydrogen) atoms. The molecule has 4 aromatic rings. The number of nitrogens with zero attached hydrogens (tertiary/aromatic N) is 4. The molecule has 0 radical (unpaired) electrons. The van der Waals surface area contributed by atoms with Gasteiger partial charge in [0.15, 0.2) is 5.82 Å². The van der Waals surface area contributed by atoms with Gasteiger partial charge in [0.25, 0.3) is 5.78 Å². The van der Waals surface area contributed by atoms with E-state index >= 15 is 0 Å². The molecule has 0 fully saturated rings. The molecule has 1 N–H and O–H groups in total. The van der Waals surface area contributed by atoms with Crippen LogP contribution in [-0.2, 0) is 11.2 Å². The van der Waals surface area contributed by atoms with E-state index in [9.17, 15) is 4.79 Å². The average Bonchev–Trinajstić information content (AvgIpc) is 3.17. The number of halogens is 1. The molecule has 1 amide bonds. The van der Waals surface area contributed by atoms with E-state index in [0.717, 1.165) is 28.3 Å². The predicted octanol–water partition coefficient (Wildman–Crippen LogP) is 4.25. The van der Waals surface area contributed by atoms with Gasteiger partial charge in [0.1, 0.15) is 5.75 Å². The van der Waals surface area contributed by atoms with E-state index in [0.29, 0.717) is 22.3 Å². The molecule has 0 atom stereocenters. The summed E-state index contributed by atoms with van der Waals surface area (Å²) in [6.45, 7) is 3.78. The number of methoxy groups -OCH3 is 1. The van der Waals surface area contributed by atoms with Crippen molar-refractivity contribution < 1.29 is 9.53 Å². The van der Waals surface area contributed by atoms with E-state index in [-0.39, 0.29) is 12.3 Å². The first-order valence-electron chi connectivity index (χ1n) is 9.38. The predicted molar refractivity (Wildman–Crippen MR) is 116 cm³/mol. The molecule has 2 aromatic carbocycles. The van der Waals surface area contributed by atoms with E-state index in [2.05, 4.69) is 20.4 Å². The largest absolute Gasteiger partial charge is 0.497 e. The Bertz CT molecular complexity index is 1230. The van der Waals surface area contributed by atoms with Crippen LogP contribution in [-0.4, -0.2) is 32.6 Å². The van der Waals surface area contributed by atoms with Crippen LogP contribution in [0.5, 0.6) is 5.75 Å². The lowest BCUT2D eigenvalue weighted by atomic mass is 10.1. The number of benzene rings is 2. The summed E-state index contributed by atoms with van der Waals surface area (Å²) >= 11 is 6.13. The van der Waals surface area contributed by atoms with Gasteiger partial charge in [0.05, 0.1) is 24.2 Å². The summed E-state index contributed by atoms with van der Waals surface area (Å²) in [5.41, 5.74) is 3.80. The van der Waals surface area contributed by atoms with Gasteiger partial charge in [0.2, 0.25) is 5.91 Å². The highest BCUT2D eigenvalue weighted by Gasteiger charge is 2.17. The second-order valence-electron chi connectivity index (χ2n) is 6.84. The number of nitrogens with one attached hydrogen (secondary N) is 1. The normalized spacial score (nSPS) is 10.9. The van der Waals surface area contributed by atoms with Crippen LogP contribution >= 0.6 is 11.6 Å². The smallest absolute Gasteiger partial charge is 0.253 e. The number of hydrogen-bond donors (Lipinski definition) is 1. The van der Waals surface area contributed by atoms with Crippen LogP contribution in [0.25, 0.3) is 17.2 Å². The average molecular weight is 422 g/mol. The fraction of sp³-hybridized carbons (Fsp3) is 0.182. The van der Waals surface area contributed by atoms with Gasteiger partial charge in [-0.3, -0.25) is 4.79 Å². The molecule has 152 valence electrons. The Morgan fingerprint density at radius 3 is 2.53 bits per heavy atom. The molecule has 7 nitrogen and oxygen atoms in total. The van der Waals surface area contributed by atoms with Gasteiger partial charge in [-0.15, -0.1) is 5.10 Å². The first-order valence-corrected chi connectivity index (χ1v) is 9.75. The van der Waals surface area contributed by atoms with Crippen LogP contribution in [0.15, 0.2) is 48.5 Å². The fourth-order valence-corrected chi connectivity index (χ4v) is 3.43. The Hall–Kier alpha value is -3.45. The van der Waals surface area contributed by atoms with Crippen molar-refractivity contribution in [1.82, 2.24) is 19.6 Å². The molecule has 8 heteroatoms. The Morgan fingerprint density at radius 1 is 1.10 bits per heavy atom. The van der Waals surface area contributed by atoms with E-state index < -0.39 is 0 Å². The molecule has 2 aromatic heterocycles. The van der Waals surface area contributed by atoms with Crippen LogP contribution in [0.2, 0.25) is 5.02 Å². The SMILES string of the molecule is COc1ccc(-c2nc3nc(C)c(CC(=O)Nc4ccccc4Cl)c(C)n3n2)cc1. The first kappa shape index (κ1) is 19.8. The molecule has 0 bridgehead atoms. The van der Waals surface area contributed by atoms with Crippen LogP contribution < -0.4 is 10.1 Å². The highest BCUT2D eigenvalue weighted by Crippen LogP contribution is 2.23. The first-order chi connectivity index (χ1) is 14.5. The number of fused-ring (bicyclic) bond motifs is 1. The second-order valence-corrected chi connectivity index (χ2v) is 7.25. The summed E-state index contributed by atoms with van der Waals surface area (Å²) in [7, 11) is 1.62. The number of aromatic nitrogens is 4. The molecular weight excluding hydrogens is 402 g/mol. The zero-order valence-electron chi connectivity index (χ0n) is 16.8. The minimum absolute atomic E-state index is 0.156. The Labute approximate surface area is 178 Å². The summed E-state index contributed by atoms with van der Waals surface area (Å²) in [6.07, 6.45) is 0.156. The molecule has 0 unspecified atom stereocenters. The van der Waals surface area contributed by atoms with Gasteiger partial charge in [-0.05, 0) is 50.2 Å². The Morgan fingerprint density at radius 2 is 1.83 bits per heavy atom. The number of amides is 1. The topological polar surface area (TPSA) is 81.4 Å². The zero-order valence-corrected chi connectivity index (χ0v) is 17.6. The standard InChI is InChI=1S/C22H20ClN5O2/c1-13-17(12-20(29)25-19-7-5-4-6-18(19)23)14(2)28-22(24-13)26-21(27-28)15-8-10-16(30-3)11-9-15/h4-11H,12H2,1-3H3,(H,25,29). The molecule has 0 saturated carbocycles. The van der Waals surface area contributed by atoms with Crippen molar-refractivity contribution in [2.24, 2.45) is 0 Å². The van der Waals surface area contributed by atoms with Crippen LogP contribution in [0.4, 0.5) is 5.69 Å². The fourth-order valence-electron chi connectivity index (χ4n) is 3.24. The van der Waals surface area contributed by atoms with Gasteiger partial charge in [-0.1, -0.05) is 23.7 Å². The highest BCUT2D eigenvalue weighted by molar-refractivity contribution is 6.33. The van der Waals surface area contributed by atoms with Crippen molar-refractivity contribution in [3.8, 4) is 17.1 Å². The Balaban J connectivity index is 1.64. The number of carbonyl (C=O) groups is 1. The van der Waals surface area contributed by atoms with Crippen LogP contribution in [0, 0.1) is 13.8 Å². The van der Waals surface area contributed by atoms with Gasteiger partial charge in [-0.25, -0.2) is 9.50 Å². The molecule has 0 aliphatic carbocycles. The summed E-state index contributed by atoms with van der Waals surface area (Å²) in [6, 6.07) is 14.6. The van der Waals surface area contributed by atoms with Crippen molar-refractivity contribution in [3.63, 3.8) is 0 Å². The molecule has 0 aliphatic rings. The number of rotatable bonds is 5. The van der Waals surface area contributed by atoms with Gasteiger partial charge in [-0.2, -0.15) is 4.98 Å². The molecule has 0 saturated heterocycles. The van der Waals surface area contributed by atoms with Crippen molar-refractivity contribution in [3.05, 3.63) is 70.5 Å². The number of carbonyl (C=O) groups excluding carboxylic acids is 1. The number of para-hydroxylation sites is 1. The minimum atomic E-state index is -0.175. The van der Waals surface area contributed by atoms with E-state index in [4.69, 9.17) is 16.3 Å². The maximum atomic E-state index is 12.6. The van der Waals surface area contributed by atoms with E-state index in [1.165, 1.54) is 0 Å². The van der Waals surface area contributed by atoms with E-state index in [1.807, 2.05) is 50.2 Å². The third-order valence-electron chi connectivity index (χ3n) is 4.88. The highest BCUT2D eigenvalue weighted by atomic mass is 35.5. The zero-order chi connectivity index (χ0) is 21.3. The van der Waals surface area contributed by atoms with Crippen molar-refractivity contribution in [2.75, 3.05) is 12.4 Å². The van der Waals surface area contributed by atoms with Gasteiger partial charge in [0, 0.05) is 22.5 Å². The third-order valence-corrected chi connectivity index (χ3v) is 5.21. The van der Waals surface area contributed by atoms with Gasteiger partial charge >= 0.3 is 0 Å². The molecule has 4 rings (SSSR count). The summed E-state index contributed by atoms with van der Waals surface area (Å²) in [5.74, 6) is 1.64. The molecule has 2 heterocycles. The number of anilines is 1. The van der Waals surface area contributed by atoms with Crippen molar-refractivity contribution in [2.45, 2.75) is 20.3 Å². The lowest BCUT2D eigenvalue weighted by Crippen LogP contribution is -2.18. The quantitative estimate of drug-likeness (QED) is 0.521. The summed E-state index contributed by atoms with van der Waals surface area (Å²) < 4.78 is 6.87. The van der Waals surface area contributed by atoms with Crippen molar-refractivity contribution in [1.29, 1.82) is 0 Å². The minimum Gasteiger partial charge on any atom is -0.497 e. The van der Waals surface area contributed by atoms with Gasteiger partial charge < -0.3 is 10.1 Å². The lowest BCUT2D eigenvalue weighted by Gasteiger charge is -2.11. The maximum absolute atomic E-state index is 12.6. The van der Waals surface area contributed by atoms with Crippen LogP contribution in [0.1, 0.15) is 17.0 Å². The van der Waals surface area contributed by atoms with E-state index in [1.54, 1.807) is 23.8 Å². The monoisotopic (exact) mass is 421 g/mol. The Kier molecular flexibility index (Phi) is 5.37. The number of aryl methyl sites for hydroxylation is 2. The summed E-state index contributed by atoms with van der Waals surface area (Å²) in [4.78, 5) is 21.7. The maximum Gasteiger partial charge on any atom is 0.253 e. The lowest BCUT2D eigenvalue weighted by molar-refractivity contribution is -0.115. The second kappa shape index (κ2) is 8.12. The summed E-state index contributed by atoms with van der Waals surface area (Å²) in [5, 5.41) is 7.94. The number of hydrogen-bond acceptors (Lipinski definition) is 5.